The van der Waals surface area contributed by atoms with Gasteiger partial charge in [-0.3, -0.25) is 14.4 Å². The van der Waals surface area contributed by atoms with Crippen molar-refractivity contribution < 1.29 is 13.2 Å². The first-order valence-corrected chi connectivity index (χ1v) is 10.3. The van der Waals surface area contributed by atoms with Gasteiger partial charge in [0.1, 0.15) is 0 Å². The highest BCUT2D eigenvalue weighted by Gasteiger charge is 2.21. The van der Waals surface area contributed by atoms with E-state index in [1.54, 1.807) is 24.3 Å². The fraction of sp³-hybridized carbons (Fsp3) is 0.316. The lowest BCUT2D eigenvalue weighted by Gasteiger charge is -2.26. The summed E-state index contributed by atoms with van der Waals surface area (Å²) in [6, 6.07) is 16.3. The Hall–Kier alpha value is -2.38. The van der Waals surface area contributed by atoms with Crippen LogP contribution in [-0.2, 0) is 21.4 Å². The van der Waals surface area contributed by atoms with Gasteiger partial charge >= 0.3 is 0 Å². The summed E-state index contributed by atoms with van der Waals surface area (Å²) in [5.41, 5.74) is 2.10. The van der Waals surface area contributed by atoms with E-state index >= 15 is 0 Å². The molecule has 2 aromatic rings. The second-order valence-electron chi connectivity index (χ2n) is 6.27. The third-order valence-electron chi connectivity index (χ3n) is 3.93. The van der Waals surface area contributed by atoms with Crippen LogP contribution in [0.3, 0.4) is 0 Å². The highest BCUT2D eigenvalue weighted by Crippen LogP contribution is 2.17. The molecule has 0 aliphatic carbocycles. The minimum Gasteiger partial charge on any atom is -0.325 e. The fourth-order valence-corrected chi connectivity index (χ4v) is 3.33. The first kappa shape index (κ1) is 19.9. The maximum Gasteiger partial charge on any atom is 0.241 e. The maximum atomic E-state index is 12.7. The number of benzene rings is 2. The summed E-state index contributed by atoms with van der Waals surface area (Å²) >= 11 is 0. The number of anilines is 2. The third kappa shape index (κ3) is 6.16. The van der Waals surface area contributed by atoms with E-state index in [1.165, 1.54) is 0 Å². The predicted molar refractivity (Wildman–Crippen MR) is 106 cm³/mol. The second-order valence-corrected chi connectivity index (χ2v) is 8.02. The first-order chi connectivity index (χ1) is 12.3. The number of amides is 1. The molecule has 26 heavy (non-hydrogen) atoms. The van der Waals surface area contributed by atoms with Crippen LogP contribution < -0.4 is 10.0 Å². The number of likely N-dealkylation sites (N-methyl/N-ethyl adjacent to an activating group) is 1. The van der Waals surface area contributed by atoms with Crippen LogP contribution >= 0.6 is 0 Å². The highest BCUT2D eigenvalue weighted by atomic mass is 32.2. The Labute approximate surface area is 155 Å². The van der Waals surface area contributed by atoms with Gasteiger partial charge in [0.2, 0.25) is 15.9 Å². The lowest BCUT2D eigenvalue weighted by molar-refractivity contribution is -0.121. The summed E-state index contributed by atoms with van der Waals surface area (Å²) < 4.78 is 25.1. The summed E-state index contributed by atoms with van der Waals surface area (Å²) in [6.07, 6.45) is 1.75. The molecule has 6 nitrogen and oxygen atoms in total. The lowest BCUT2D eigenvalue weighted by Crippen LogP contribution is -2.41. The van der Waals surface area contributed by atoms with Crippen LogP contribution in [0.5, 0.6) is 0 Å². The van der Waals surface area contributed by atoms with E-state index in [0.717, 1.165) is 11.8 Å². The van der Waals surface area contributed by atoms with Crippen molar-refractivity contribution in [3.8, 4) is 0 Å². The molecular formula is C19H25N3O3S. The van der Waals surface area contributed by atoms with Crippen molar-refractivity contribution in [1.82, 2.24) is 4.90 Å². The molecule has 0 bridgehead atoms. The Morgan fingerprint density at radius 2 is 1.73 bits per heavy atom. The largest absolute Gasteiger partial charge is 0.325 e. The molecule has 0 spiro atoms. The zero-order valence-corrected chi connectivity index (χ0v) is 16.1. The van der Waals surface area contributed by atoms with Gasteiger partial charge in [-0.15, -0.1) is 0 Å². The van der Waals surface area contributed by atoms with E-state index in [2.05, 4.69) is 10.0 Å². The number of carbonyl (C=O) groups excluding carboxylic acids is 1. The number of rotatable bonds is 8. The monoisotopic (exact) mass is 375 g/mol. The Balaban J connectivity index is 2.05. The van der Waals surface area contributed by atoms with Gasteiger partial charge in [-0.2, -0.15) is 0 Å². The quantitative estimate of drug-likeness (QED) is 0.744. The van der Waals surface area contributed by atoms with Gasteiger partial charge in [-0.25, -0.2) is 8.42 Å². The average Bonchev–Trinajstić information content (AvgIpc) is 2.55. The predicted octanol–water partition coefficient (Wildman–Crippen LogP) is 2.91. The zero-order valence-electron chi connectivity index (χ0n) is 15.3. The van der Waals surface area contributed by atoms with Gasteiger partial charge in [0, 0.05) is 12.2 Å². The zero-order chi connectivity index (χ0) is 19.2. The van der Waals surface area contributed by atoms with E-state index < -0.39 is 10.0 Å². The number of nitrogens with zero attached hydrogens (tertiary/aromatic N) is 1. The minimum atomic E-state index is -3.36. The van der Waals surface area contributed by atoms with Crippen molar-refractivity contribution in [2.75, 3.05) is 23.3 Å². The van der Waals surface area contributed by atoms with Crippen molar-refractivity contribution in [1.29, 1.82) is 0 Å². The van der Waals surface area contributed by atoms with Crippen molar-refractivity contribution in [3.05, 3.63) is 60.2 Å². The van der Waals surface area contributed by atoms with Crippen molar-refractivity contribution in [2.45, 2.75) is 25.9 Å². The van der Waals surface area contributed by atoms with Gasteiger partial charge < -0.3 is 5.32 Å². The maximum absolute atomic E-state index is 12.7. The molecule has 0 radical (unpaired) electrons. The van der Waals surface area contributed by atoms with Crippen LogP contribution in [0.4, 0.5) is 11.4 Å². The molecule has 0 fully saturated rings. The van der Waals surface area contributed by atoms with Gasteiger partial charge in [-0.1, -0.05) is 43.3 Å². The van der Waals surface area contributed by atoms with Gasteiger partial charge in [0.25, 0.3) is 0 Å². The minimum absolute atomic E-state index is 0.123. The molecule has 1 amide bonds. The van der Waals surface area contributed by atoms with Gasteiger partial charge in [0.05, 0.1) is 18.0 Å². The standard InChI is InChI=1S/C19H25N3O3S/c1-4-18(22(2)14-15-9-6-5-7-10-15)19(23)20-16-11-8-12-17(13-16)21-26(3,24)25/h5-13,18,21H,4,14H2,1-3H3,(H,20,23)/t18-/m1/s1. The number of nitrogens with one attached hydrogen (secondary N) is 2. The normalized spacial score (nSPS) is 12.6. The fourth-order valence-electron chi connectivity index (χ4n) is 2.78. The van der Waals surface area contributed by atoms with Crippen molar-refractivity contribution >= 4 is 27.3 Å². The summed E-state index contributed by atoms with van der Waals surface area (Å²) in [4.78, 5) is 14.7. The average molecular weight is 375 g/mol. The van der Waals surface area contributed by atoms with Crippen molar-refractivity contribution in [3.63, 3.8) is 0 Å². The number of sulfonamides is 1. The Morgan fingerprint density at radius 1 is 1.08 bits per heavy atom. The molecule has 7 heteroatoms. The molecule has 2 rings (SSSR count). The third-order valence-corrected chi connectivity index (χ3v) is 4.54. The summed E-state index contributed by atoms with van der Waals surface area (Å²) in [7, 11) is -1.44. The molecule has 0 heterocycles. The summed E-state index contributed by atoms with van der Waals surface area (Å²) in [5.74, 6) is -0.123. The van der Waals surface area contributed by atoms with Crippen LogP contribution in [0.15, 0.2) is 54.6 Å². The molecule has 2 aromatic carbocycles. The molecule has 0 aromatic heterocycles. The Bertz CT molecular complexity index is 838. The molecular weight excluding hydrogens is 350 g/mol. The first-order valence-electron chi connectivity index (χ1n) is 8.41. The molecule has 1 atom stereocenters. The summed E-state index contributed by atoms with van der Waals surface area (Å²) in [6.45, 7) is 2.63. The van der Waals surface area contributed by atoms with E-state index in [1.807, 2.05) is 49.2 Å². The van der Waals surface area contributed by atoms with Gasteiger partial charge in [0.15, 0.2) is 0 Å². The number of carbonyl (C=O) groups is 1. The van der Waals surface area contributed by atoms with E-state index in [0.29, 0.717) is 24.3 Å². The SMILES string of the molecule is CC[C@H](C(=O)Nc1cccc(NS(C)(=O)=O)c1)N(C)Cc1ccccc1. The Kier molecular flexibility index (Phi) is 6.76. The van der Waals surface area contributed by atoms with Crippen LogP contribution in [0, 0.1) is 0 Å². The molecule has 0 saturated heterocycles. The Morgan fingerprint density at radius 3 is 2.35 bits per heavy atom. The summed E-state index contributed by atoms with van der Waals surface area (Å²) in [5, 5.41) is 2.87. The number of hydrogen-bond acceptors (Lipinski definition) is 4. The van der Waals surface area contributed by atoms with Crippen molar-refractivity contribution in [2.24, 2.45) is 0 Å². The molecule has 0 saturated carbocycles. The van der Waals surface area contributed by atoms with Crippen LogP contribution in [-0.4, -0.2) is 38.6 Å². The molecule has 0 unspecified atom stereocenters. The molecule has 2 N–H and O–H groups in total. The van der Waals surface area contributed by atoms with Gasteiger partial charge in [-0.05, 0) is 37.2 Å². The molecule has 0 aliphatic heterocycles. The van der Waals surface area contributed by atoms with E-state index in [-0.39, 0.29) is 11.9 Å². The second kappa shape index (κ2) is 8.82. The molecule has 140 valence electrons. The topological polar surface area (TPSA) is 78.5 Å². The number of hydrogen-bond donors (Lipinski definition) is 2. The van der Waals surface area contributed by atoms with Crippen LogP contribution in [0.2, 0.25) is 0 Å². The smallest absolute Gasteiger partial charge is 0.241 e. The highest BCUT2D eigenvalue weighted by molar-refractivity contribution is 7.92. The van der Waals surface area contributed by atoms with Crippen LogP contribution in [0.1, 0.15) is 18.9 Å². The van der Waals surface area contributed by atoms with E-state index in [4.69, 9.17) is 0 Å². The van der Waals surface area contributed by atoms with Crippen LogP contribution in [0.25, 0.3) is 0 Å². The lowest BCUT2D eigenvalue weighted by atomic mass is 10.1. The molecule has 0 aliphatic rings. The van der Waals surface area contributed by atoms with E-state index in [9.17, 15) is 13.2 Å².